The van der Waals surface area contributed by atoms with Crippen LogP contribution in [-0.2, 0) is 0 Å². The Morgan fingerprint density at radius 2 is 1.90 bits per heavy atom. The fourth-order valence-corrected chi connectivity index (χ4v) is 2.21. The van der Waals surface area contributed by atoms with Crippen LogP contribution >= 0.6 is 23.2 Å². The average molecular weight is 321 g/mol. The quantitative estimate of drug-likeness (QED) is 0.741. The van der Waals surface area contributed by atoms with Crippen molar-refractivity contribution in [3.8, 4) is 28.6 Å². The predicted molar refractivity (Wildman–Crippen MR) is 81.6 cm³/mol. The van der Waals surface area contributed by atoms with Gasteiger partial charge in [-0.1, -0.05) is 40.5 Å². The van der Waals surface area contributed by atoms with Crippen molar-refractivity contribution in [1.29, 1.82) is 0 Å². The number of benzene rings is 2. The van der Waals surface area contributed by atoms with Gasteiger partial charge >= 0.3 is 0 Å². The van der Waals surface area contributed by atoms with Crippen LogP contribution in [0.5, 0.6) is 5.75 Å². The molecule has 1 N–H and O–H groups in total. The monoisotopic (exact) mass is 320 g/mol. The van der Waals surface area contributed by atoms with Crippen LogP contribution in [0.4, 0.5) is 0 Å². The second kappa shape index (κ2) is 5.39. The fourth-order valence-electron chi connectivity index (χ4n) is 1.92. The number of phenolic OH excluding ortho intramolecular Hbond substituents is 1. The minimum atomic E-state index is 0.127. The summed E-state index contributed by atoms with van der Waals surface area (Å²) in [5, 5.41) is 14.8. The second-order valence-corrected chi connectivity index (χ2v) is 5.34. The van der Waals surface area contributed by atoms with Crippen LogP contribution in [0.1, 0.15) is 5.56 Å². The lowest BCUT2D eigenvalue weighted by Gasteiger charge is -2.01. The number of aryl methyl sites for hydroxylation is 1. The maximum atomic E-state index is 10.0. The van der Waals surface area contributed by atoms with Gasteiger partial charge in [0.05, 0.1) is 15.6 Å². The minimum Gasteiger partial charge on any atom is -0.507 e. The van der Waals surface area contributed by atoms with Crippen molar-refractivity contribution in [2.45, 2.75) is 6.92 Å². The molecule has 0 radical (unpaired) electrons. The first-order chi connectivity index (χ1) is 10.1. The topological polar surface area (TPSA) is 59.2 Å². The summed E-state index contributed by atoms with van der Waals surface area (Å²) in [6, 6.07) is 10.4. The van der Waals surface area contributed by atoms with Crippen molar-refractivity contribution < 1.29 is 9.63 Å². The first-order valence-corrected chi connectivity index (χ1v) is 6.90. The summed E-state index contributed by atoms with van der Waals surface area (Å²) in [5.41, 5.74) is 1.92. The first-order valence-electron chi connectivity index (χ1n) is 6.14. The number of hydrogen-bond acceptors (Lipinski definition) is 4. The van der Waals surface area contributed by atoms with Crippen LogP contribution in [0.25, 0.3) is 22.8 Å². The van der Waals surface area contributed by atoms with Gasteiger partial charge in [0.2, 0.25) is 5.82 Å². The van der Waals surface area contributed by atoms with E-state index in [1.54, 1.807) is 37.3 Å². The highest BCUT2D eigenvalue weighted by Gasteiger charge is 2.15. The lowest BCUT2D eigenvalue weighted by Crippen LogP contribution is -1.84. The van der Waals surface area contributed by atoms with E-state index in [4.69, 9.17) is 27.7 Å². The zero-order valence-electron chi connectivity index (χ0n) is 11.0. The van der Waals surface area contributed by atoms with E-state index in [1.807, 2.05) is 6.07 Å². The van der Waals surface area contributed by atoms with Gasteiger partial charge in [-0.3, -0.25) is 0 Å². The molecule has 3 aromatic rings. The Morgan fingerprint density at radius 1 is 1.10 bits per heavy atom. The highest BCUT2D eigenvalue weighted by atomic mass is 35.5. The third kappa shape index (κ3) is 2.60. The normalized spacial score (nSPS) is 10.8. The van der Waals surface area contributed by atoms with Crippen LogP contribution in [-0.4, -0.2) is 15.2 Å². The number of aromatic hydroxyl groups is 1. The Morgan fingerprint density at radius 3 is 2.67 bits per heavy atom. The van der Waals surface area contributed by atoms with Crippen LogP contribution in [0.3, 0.4) is 0 Å². The average Bonchev–Trinajstić information content (AvgIpc) is 2.94. The molecule has 0 fully saturated rings. The molecule has 0 aliphatic heterocycles. The molecule has 0 spiro atoms. The molecule has 0 unspecified atom stereocenters. The lowest BCUT2D eigenvalue weighted by atomic mass is 10.1. The molecule has 0 amide bonds. The molecule has 1 aromatic heterocycles. The highest BCUT2D eigenvalue weighted by molar-refractivity contribution is 6.42. The molecule has 21 heavy (non-hydrogen) atoms. The maximum absolute atomic E-state index is 10.0. The molecule has 0 aliphatic carbocycles. The maximum Gasteiger partial charge on any atom is 0.262 e. The van der Waals surface area contributed by atoms with E-state index in [0.29, 0.717) is 27.0 Å². The molecule has 0 saturated carbocycles. The van der Waals surface area contributed by atoms with Gasteiger partial charge in [-0.2, -0.15) is 4.98 Å². The van der Waals surface area contributed by atoms with Crippen molar-refractivity contribution in [2.24, 2.45) is 0 Å². The summed E-state index contributed by atoms with van der Waals surface area (Å²) in [4.78, 5) is 4.28. The second-order valence-electron chi connectivity index (χ2n) is 4.52. The number of halogens is 2. The van der Waals surface area contributed by atoms with Crippen LogP contribution in [0, 0.1) is 6.92 Å². The Kier molecular flexibility index (Phi) is 3.57. The van der Waals surface area contributed by atoms with Crippen LogP contribution in [0.15, 0.2) is 40.9 Å². The van der Waals surface area contributed by atoms with Crippen molar-refractivity contribution in [3.05, 3.63) is 52.0 Å². The molecule has 0 aliphatic rings. The molecule has 0 saturated heterocycles. The molecule has 6 heteroatoms. The predicted octanol–water partition coefficient (Wildman–Crippen LogP) is 4.72. The van der Waals surface area contributed by atoms with E-state index in [-0.39, 0.29) is 11.6 Å². The van der Waals surface area contributed by atoms with E-state index < -0.39 is 0 Å². The van der Waals surface area contributed by atoms with Crippen LogP contribution in [0.2, 0.25) is 10.0 Å². The highest BCUT2D eigenvalue weighted by Crippen LogP contribution is 2.32. The largest absolute Gasteiger partial charge is 0.507 e. The standard InChI is InChI=1S/C15H10Cl2N2O2/c1-8-3-2-4-10(13(8)20)15-18-14(19-21-15)9-5-6-11(16)12(17)7-9/h2-7,20H,1H3. The number of aromatic nitrogens is 2. The third-order valence-electron chi connectivity index (χ3n) is 3.07. The van der Waals surface area contributed by atoms with Crippen molar-refractivity contribution in [1.82, 2.24) is 10.1 Å². The van der Waals surface area contributed by atoms with E-state index in [9.17, 15) is 5.11 Å². The number of rotatable bonds is 2. The summed E-state index contributed by atoms with van der Waals surface area (Å²) in [7, 11) is 0. The molecule has 0 atom stereocenters. The van der Waals surface area contributed by atoms with E-state index in [2.05, 4.69) is 10.1 Å². The third-order valence-corrected chi connectivity index (χ3v) is 3.81. The number of hydrogen-bond donors (Lipinski definition) is 1. The zero-order chi connectivity index (χ0) is 15.0. The smallest absolute Gasteiger partial charge is 0.262 e. The van der Waals surface area contributed by atoms with E-state index in [0.717, 1.165) is 5.56 Å². The van der Waals surface area contributed by atoms with Crippen LogP contribution < -0.4 is 0 Å². The van der Waals surface area contributed by atoms with Crippen molar-refractivity contribution >= 4 is 23.2 Å². The van der Waals surface area contributed by atoms with Gasteiger partial charge in [-0.15, -0.1) is 0 Å². The Hall–Kier alpha value is -2.04. The molecule has 3 rings (SSSR count). The van der Waals surface area contributed by atoms with Gasteiger partial charge in [0.25, 0.3) is 5.89 Å². The minimum absolute atomic E-state index is 0.127. The molecule has 4 nitrogen and oxygen atoms in total. The SMILES string of the molecule is Cc1cccc(-c2nc(-c3ccc(Cl)c(Cl)c3)no2)c1O. The summed E-state index contributed by atoms with van der Waals surface area (Å²) >= 11 is 11.9. The summed E-state index contributed by atoms with van der Waals surface area (Å²) in [6.45, 7) is 1.80. The van der Waals surface area contributed by atoms with Crippen molar-refractivity contribution in [2.75, 3.05) is 0 Å². The van der Waals surface area contributed by atoms with Gasteiger partial charge < -0.3 is 9.63 Å². The molecule has 2 aromatic carbocycles. The molecular formula is C15H10Cl2N2O2. The summed E-state index contributed by atoms with van der Waals surface area (Å²) in [5.74, 6) is 0.753. The van der Waals surface area contributed by atoms with Gasteiger partial charge in [0, 0.05) is 5.56 Å². The molecular weight excluding hydrogens is 311 g/mol. The Bertz CT molecular complexity index is 815. The van der Waals surface area contributed by atoms with Gasteiger partial charge in [-0.05, 0) is 36.8 Å². The summed E-state index contributed by atoms with van der Waals surface area (Å²) in [6.07, 6.45) is 0. The summed E-state index contributed by atoms with van der Waals surface area (Å²) < 4.78 is 5.21. The molecule has 106 valence electrons. The van der Waals surface area contributed by atoms with E-state index >= 15 is 0 Å². The number of phenols is 1. The zero-order valence-corrected chi connectivity index (χ0v) is 12.5. The Balaban J connectivity index is 2.03. The molecule has 1 heterocycles. The number of nitrogens with zero attached hydrogens (tertiary/aromatic N) is 2. The Labute approximate surface area is 130 Å². The van der Waals surface area contributed by atoms with Gasteiger partial charge in [0.1, 0.15) is 5.75 Å². The molecule has 0 bridgehead atoms. The van der Waals surface area contributed by atoms with Gasteiger partial charge in [-0.25, -0.2) is 0 Å². The fraction of sp³-hybridized carbons (Fsp3) is 0.0667. The number of para-hydroxylation sites is 1. The van der Waals surface area contributed by atoms with Crippen molar-refractivity contribution in [3.63, 3.8) is 0 Å². The van der Waals surface area contributed by atoms with E-state index in [1.165, 1.54) is 0 Å². The van der Waals surface area contributed by atoms with Gasteiger partial charge in [0.15, 0.2) is 0 Å². The lowest BCUT2D eigenvalue weighted by molar-refractivity contribution is 0.425. The first kappa shape index (κ1) is 13.9.